The number of carbonyl (C=O) groups excluding carboxylic acids is 1. The number of piperidine rings is 1. The second kappa shape index (κ2) is 7.28. The molecule has 1 aromatic rings. The van der Waals surface area contributed by atoms with Crippen molar-refractivity contribution < 1.29 is 14.6 Å². The molecule has 0 radical (unpaired) electrons. The molecule has 1 fully saturated rings. The molecular formula is C15H23N3O3. The first kappa shape index (κ1) is 15.6. The molecule has 1 heterocycles. The molecule has 2 atom stereocenters. The maximum absolute atomic E-state index is 11.2. The fourth-order valence-electron chi connectivity index (χ4n) is 2.60. The van der Waals surface area contributed by atoms with Gasteiger partial charge in [-0.2, -0.15) is 0 Å². The molecule has 2 unspecified atom stereocenters. The number of nitrogens with zero attached hydrogens (tertiary/aromatic N) is 1. The van der Waals surface area contributed by atoms with Crippen LogP contribution in [0.15, 0.2) is 24.3 Å². The molecule has 5 N–H and O–H groups in total. The van der Waals surface area contributed by atoms with Gasteiger partial charge in [0.25, 0.3) is 0 Å². The summed E-state index contributed by atoms with van der Waals surface area (Å²) in [4.78, 5) is 13.3. The van der Waals surface area contributed by atoms with Crippen LogP contribution in [0, 0.1) is 5.92 Å². The summed E-state index contributed by atoms with van der Waals surface area (Å²) in [7, 11) is 0. The predicted molar refractivity (Wildman–Crippen MR) is 80.7 cm³/mol. The normalized spacial score (nSPS) is 20.9. The molecule has 116 valence electrons. The number of primary amides is 1. The van der Waals surface area contributed by atoms with Crippen molar-refractivity contribution >= 4 is 11.6 Å². The highest BCUT2D eigenvalue weighted by molar-refractivity contribution is 5.76. The minimum Gasteiger partial charge on any atom is -0.489 e. The van der Waals surface area contributed by atoms with Crippen LogP contribution in [-0.4, -0.2) is 48.3 Å². The second-order valence-electron chi connectivity index (χ2n) is 5.50. The average molecular weight is 293 g/mol. The van der Waals surface area contributed by atoms with Crippen molar-refractivity contribution in [1.29, 1.82) is 0 Å². The molecule has 0 spiro atoms. The maximum atomic E-state index is 11.2. The van der Waals surface area contributed by atoms with Crippen molar-refractivity contribution in [3.8, 4) is 5.75 Å². The molecule has 21 heavy (non-hydrogen) atoms. The van der Waals surface area contributed by atoms with E-state index in [9.17, 15) is 9.90 Å². The first-order chi connectivity index (χ1) is 10.1. The Morgan fingerprint density at radius 2 is 2.24 bits per heavy atom. The van der Waals surface area contributed by atoms with E-state index in [1.807, 2.05) is 12.1 Å². The lowest BCUT2D eigenvalue weighted by atomic mass is 9.97. The highest BCUT2D eigenvalue weighted by Crippen LogP contribution is 2.20. The van der Waals surface area contributed by atoms with Crippen LogP contribution in [0.3, 0.4) is 0 Å². The van der Waals surface area contributed by atoms with E-state index in [2.05, 4.69) is 4.90 Å². The summed E-state index contributed by atoms with van der Waals surface area (Å²) in [6.45, 7) is 2.12. The first-order valence-corrected chi connectivity index (χ1v) is 7.23. The number of nitrogens with two attached hydrogens (primary N) is 2. The van der Waals surface area contributed by atoms with Crippen molar-refractivity contribution in [2.75, 3.05) is 32.0 Å². The third-order valence-corrected chi connectivity index (χ3v) is 3.73. The van der Waals surface area contributed by atoms with Gasteiger partial charge >= 0.3 is 0 Å². The number of aliphatic hydroxyl groups is 1. The van der Waals surface area contributed by atoms with E-state index in [4.69, 9.17) is 16.2 Å². The van der Waals surface area contributed by atoms with Gasteiger partial charge in [0.1, 0.15) is 18.5 Å². The van der Waals surface area contributed by atoms with E-state index in [0.717, 1.165) is 19.4 Å². The molecule has 6 heteroatoms. The van der Waals surface area contributed by atoms with Gasteiger partial charge in [0.05, 0.1) is 11.6 Å². The topological polar surface area (TPSA) is 102 Å². The van der Waals surface area contributed by atoms with E-state index in [1.54, 1.807) is 12.1 Å². The third kappa shape index (κ3) is 4.61. The zero-order valence-electron chi connectivity index (χ0n) is 12.1. The van der Waals surface area contributed by atoms with Gasteiger partial charge in [0.2, 0.25) is 5.91 Å². The summed E-state index contributed by atoms with van der Waals surface area (Å²) in [6, 6.07) is 7.19. The number of ether oxygens (including phenoxy) is 1. The van der Waals surface area contributed by atoms with Gasteiger partial charge in [0, 0.05) is 13.1 Å². The maximum Gasteiger partial charge on any atom is 0.221 e. The SMILES string of the molecule is NC(=O)C1CCCN(CC(O)COc2ccccc2N)C1. The van der Waals surface area contributed by atoms with Gasteiger partial charge in [-0.25, -0.2) is 0 Å². The van der Waals surface area contributed by atoms with E-state index < -0.39 is 6.10 Å². The summed E-state index contributed by atoms with van der Waals surface area (Å²) >= 11 is 0. The van der Waals surface area contributed by atoms with Crippen molar-refractivity contribution in [1.82, 2.24) is 4.90 Å². The largest absolute Gasteiger partial charge is 0.489 e. The van der Waals surface area contributed by atoms with Gasteiger partial charge in [-0.05, 0) is 31.5 Å². The van der Waals surface area contributed by atoms with Crippen molar-refractivity contribution in [2.24, 2.45) is 11.7 Å². The van der Waals surface area contributed by atoms with Crippen LogP contribution < -0.4 is 16.2 Å². The highest BCUT2D eigenvalue weighted by Gasteiger charge is 2.25. The number of para-hydroxylation sites is 2. The lowest BCUT2D eigenvalue weighted by molar-refractivity contribution is -0.123. The molecule has 1 aliphatic heterocycles. The molecule has 0 bridgehead atoms. The lowest BCUT2D eigenvalue weighted by Crippen LogP contribution is -2.45. The Balaban J connectivity index is 1.78. The summed E-state index contributed by atoms with van der Waals surface area (Å²) < 4.78 is 5.52. The minimum absolute atomic E-state index is 0.114. The molecule has 1 amide bonds. The molecule has 0 aromatic heterocycles. The number of carbonyl (C=O) groups is 1. The number of aliphatic hydroxyl groups excluding tert-OH is 1. The Kier molecular flexibility index (Phi) is 5.41. The number of β-amino-alcohol motifs (C(OH)–C–C–N with tert-alkyl or cyclic N) is 1. The van der Waals surface area contributed by atoms with Gasteiger partial charge in [0.15, 0.2) is 0 Å². The molecule has 0 aliphatic carbocycles. The molecule has 2 rings (SSSR count). The van der Waals surface area contributed by atoms with Crippen LogP contribution in [0.1, 0.15) is 12.8 Å². The summed E-state index contributed by atoms with van der Waals surface area (Å²) in [6.07, 6.45) is 1.13. The second-order valence-corrected chi connectivity index (χ2v) is 5.50. The number of hydrogen-bond donors (Lipinski definition) is 3. The molecule has 1 saturated heterocycles. The fraction of sp³-hybridized carbons (Fsp3) is 0.533. The van der Waals surface area contributed by atoms with Gasteiger partial charge in [-0.15, -0.1) is 0 Å². The molecule has 1 aromatic carbocycles. The summed E-state index contributed by atoms with van der Waals surface area (Å²) in [5.74, 6) is 0.198. The van der Waals surface area contributed by atoms with Crippen molar-refractivity contribution in [3.05, 3.63) is 24.3 Å². The van der Waals surface area contributed by atoms with Gasteiger partial charge < -0.3 is 21.3 Å². The number of anilines is 1. The van der Waals surface area contributed by atoms with Gasteiger partial charge in [-0.3, -0.25) is 9.69 Å². The average Bonchev–Trinajstić information content (AvgIpc) is 2.46. The number of benzene rings is 1. The van der Waals surface area contributed by atoms with E-state index in [1.165, 1.54) is 0 Å². The monoisotopic (exact) mass is 293 g/mol. The Morgan fingerprint density at radius 1 is 1.48 bits per heavy atom. The van der Waals surface area contributed by atoms with E-state index in [0.29, 0.717) is 24.5 Å². The Morgan fingerprint density at radius 3 is 2.95 bits per heavy atom. The molecule has 0 saturated carbocycles. The number of amides is 1. The molecular weight excluding hydrogens is 270 g/mol. The standard InChI is InChI=1S/C15H23N3O3/c16-13-5-1-2-6-14(13)21-10-12(19)9-18-7-3-4-11(8-18)15(17)20/h1-2,5-6,11-12,19H,3-4,7-10,16H2,(H2,17,20). The third-order valence-electron chi connectivity index (χ3n) is 3.73. The van der Waals surface area contributed by atoms with Crippen molar-refractivity contribution in [3.63, 3.8) is 0 Å². The quantitative estimate of drug-likeness (QED) is 0.651. The Bertz CT molecular complexity index is 481. The highest BCUT2D eigenvalue weighted by atomic mass is 16.5. The van der Waals surface area contributed by atoms with Crippen molar-refractivity contribution in [2.45, 2.75) is 18.9 Å². The lowest BCUT2D eigenvalue weighted by Gasteiger charge is -2.32. The predicted octanol–water partition coefficient (Wildman–Crippen LogP) is 0.206. The smallest absolute Gasteiger partial charge is 0.221 e. The Hall–Kier alpha value is -1.79. The van der Waals surface area contributed by atoms with Crippen LogP contribution in [0.25, 0.3) is 0 Å². The van der Waals surface area contributed by atoms with E-state index in [-0.39, 0.29) is 18.4 Å². The fourth-order valence-corrected chi connectivity index (χ4v) is 2.60. The summed E-state index contributed by atoms with van der Waals surface area (Å²) in [5.41, 5.74) is 11.7. The zero-order valence-corrected chi connectivity index (χ0v) is 12.1. The zero-order chi connectivity index (χ0) is 15.2. The summed E-state index contributed by atoms with van der Waals surface area (Å²) in [5, 5.41) is 10.1. The molecule has 1 aliphatic rings. The molecule has 6 nitrogen and oxygen atoms in total. The Labute approximate surface area is 124 Å². The van der Waals surface area contributed by atoms with E-state index >= 15 is 0 Å². The number of nitrogen functional groups attached to an aromatic ring is 1. The van der Waals surface area contributed by atoms with Crippen LogP contribution in [0.5, 0.6) is 5.75 Å². The van der Waals surface area contributed by atoms with Gasteiger partial charge in [-0.1, -0.05) is 12.1 Å². The number of likely N-dealkylation sites (tertiary alicyclic amines) is 1. The number of rotatable bonds is 6. The van der Waals surface area contributed by atoms with Crippen LogP contribution in [-0.2, 0) is 4.79 Å². The number of hydrogen-bond acceptors (Lipinski definition) is 5. The van der Waals surface area contributed by atoms with Crippen LogP contribution in [0.4, 0.5) is 5.69 Å². The van der Waals surface area contributed by atoms with Crippen LogP contribution in [0.2, 0.25) is 0 Å². The first-order valence-electron chi connectivity index (χ1n) is 7.23. The minimum atomic E-state index is -0.628. The van der Waals surface area contributed by atoms with Crippen LogP contribution >= 0.6 is 0 Å².